The second kappa shape index (κ2) is 6.92. The molecule has 2 nitrogen and oxygen atoms in total. The molecule has 0 spiro atoms. The number of hydrogen-bond acceptors (Lipinski definition) is 2. The first-order chi connectivity index (χ1) is 14.7. The van der Waals surface area contributed by atoms with Gasteiger partial charge in [0.2, 0.25) is 0 Å². The second-order valence-electron chi connectivity index (χ2n) is 12.7. The Morgan fingerprint density at radius 2 is 0.900 bits per heavy atom. The third-order valence-electron chi connectivity index (χ3n) is 12.1. The SMILES string of the molecule is O=C1C2CCCCC2C2CCC3C(CCC4CCC5C6CCCCC6C(=O)C5C43)C12. The minimum absolute atomic E-state index is 0.386. The van der Waals surface area contributed by atoms with Gasteiger partial charge in [-0.2, -0.15) is 0 Å². The summed E-state index contributed by atoms with van der Waals surface area (Å²) >= 11 is 0. The zero-order chi connectivity index (χ0) is 20.0. The van der Waals surface area contributed by atoms with Crippen LogP contribution < -0.4 is 0 Å². The average Bonchev–Trinajstić information content (AvgIpc) is 3.26. The Hall–Kier alpha value is -0.660. The fourth-order valence-electron chi connectivity index (χ4n) is 11.3. The number of carbonyl (C=O) groups excluding carboxylic acids is 2. The highest BCUT2D eigenvalue weighted by atomic mass is 16.1. The summed E-state index contributed by atoms with van der Waals surface area (Å²) in [5.41, 5.74) is 0. The topological polar surface area (TPSA) is 34.1 Å². The fraction of sp³-hybridized carbons (Fsp3) is 0.929. The van der Waals surface area contributed by atoms with Gasteiger partial charge in [-0.3, -0.25) is 9.59 Å². The summed E-state index contributed by atoms with van der Waals surface area (Å²) in [5, 5.41) is 0. The summed E-state index contributed by atoms with van der Waals surface area (Å²) < 4.78 is 0. The van der Waals surface area contributed by atoms with E-state index in [9.17, 15) is 9.59 Å². The van der Waals surface area contributed by atoms with Crippen LogP contribution in [0.15, 0.2) is 0 Å². The van der Waals surface area contributed by atoms with Gasteiger partial charge in [-0.1, -0.05) is 25.7 Å². The summed E-state index contributed by atoms with van der Waals surface area (Å²) in [6.45, 7) is 0. The van der Waals surface area contributed by atoms with Crippen molar-refractivity contribution in [2.24, 2.45) is 71.0 Å². The molecular weight excluding hydrogens is 368 g/mol. The lowest BCUT2D eigenvalue weighted by atomic mass is 9.49. The molecule has 7 saturated carbocycles. The maximum Gasteiger partial charge on any atom is 0.139 e. The lowest BCUT2D eigenvalue weighted by Gasteiger charge is -2.54. The van der Waals surface area contributed by atoms with E-state index >= 15 is 0 Å². The van der Waals surface area contributed by atoms with Crippen LogP contribution in [0.4, 0.5) is 0 Å². The van der Waals surface area contributed by atoms with E-state index in [1.807, 2.05) is 0 Å². The van der Waals surface area contributed by atoms with Gasteiger partial charge in [-0.05, 0) is 112 Å². The van der Waals surface area contributed by atoms with E-state index in [-0.39, 0.29) is 0 Å². The molecule has 0 radical (unpaired) electrons. The highest BCUT2D eigenvalue weighted by Gasteiger charge is 2.63. The van der Waals surface area contributed by atoms with Crippen molar-refractivity contribution in [3.05, 3.63) is 0 Å². The van der Waals surface area contributed by atoms with E-state index in [1.54, 1.807) is 0 Å². The van der Waals surface area contributed by atoms with Gasteiger partial charge in [0.1, 0.15) is 11.6 Å². The van der Waals surface area contributed by atoms with Crippen LogP contribution in [-0.4, -0.2) is 11.6 Å². The zero-order valence-electron chi connectivity index (χ0n) is 18.6. The van der Waals surface area contributed by atoms with Crippen LogP contribution in [0.25, 0.3) is 0 Å². The Morgan fingerprint density at radius 3 is 1.57 bits per heavy atom. The fourth-order valence-corrected chi connectivity index (χ4v) is 11.3. The Labute approximate surface area is 182 Å². The summed E-state index contributed by atoms with van der Waals surface area (Å²) in [5.74, 6) is 8.66. The van der Waals surface area contributed by atoms with Crippen LogP contribution >= 0.6 is 0 Å². The molecule has 0 aromatic rings. The molecule has 0 bridgehead atoms. The van der Waals surface area contributed by atoms with Crippen LogP contribution in [0.3, 0.4) is 0 Å². The molecule has 0 aromatic heterocycles. The molecule has 7 rings (SSSR count). The molecule has 0 aromatic carbocycles. The summed E-state index contributed by atoms with van der Waals surface area (Å²) in [6, 6.07) is 0. The van der Waals surface area contributed by atoms with Crippen molar-refractivity contribution < 1.29 is 9.59 Å². The smallest absolute Gasteiger partial charge is 0.139 e. The van der Waals surface area contributed by atoms with Crippen molar-refractivity contribution in [1.29, 1.82) is 0 Å². The third-order valence-corrected chi connectivity index (χ3v) is 12.1. The number of hydrogen-bond donors (Lipinski definition) is 0. The summed E-state index contributed by atoms with van der Waals surface area (Å²) in [7, 11) is 0. The monoisotopic (exact) mass is 408 g/mol. The molecule has 164 valence electrons. The van der Waals surface area contributed by atoms with E-state index in [1.165, 1.54) is 89.9 Å². The number of carbonyl (C=O) groups is 2. The van der Waals surface area contributed by atoms with Crippen LogP contribution in [0.5, 0.6) is 0 Å². The van der Waals surface area contributed by atoms with Crippen LogP contribution in [-0.2, 0) is 9.59 Å². The van der Waals surface area contributed by atoms with Gasteiger partial charge < -0.3 is 0 Å². The Kier molecular flexibility index (Phi) is 4.35. The first-order valence-electron chi connectivity index (χ1n) is 13.8. The van der Waals surface area contributed by atoms with Gasteiger partial charge in [0, 0.05) is 23.7 Å². The van der Waals surface area contributed by atoms with Crippen molar-refractivity contribution in [2.45, 2.75) is 89.9 Å². The molecule has 12 atom stereocenters. The molecule has 7 aliphatic rings. The van der Waals surface area contributed by atoms with E-state index in [4.69, 9.17) is 0 Å². The molecule has 2 heteroatoms. The van der Waals surface area contributed by atoms with E-state index in [2.05, 4.69) is 0 Å². The number of ketones is 2. The van der Waals surface area contributed by atoms with Crippen molar-refractivity contribution in [2.75, 3.05) is 0 Å². The number of fused-ring (bicyclic) bond motifs is 11. The molecule has 0 heterocycles. The molecule has 7 fully saturated rings. The molecular formula is C28H40O2. The number of rotatable bonds is 0. The Bertz CT molecular complexity index is 741. The van der Waals surface area contributed by atoms with Gasteiger partial charge in [0.15, 0.2) is 0 Å². The minimum atomic E-state index is 0.386. The van der Waals surface area contributed by atoms with E-state index in [0.29, 0.717) is 64.8 Å². The molecule has 30 heavy (non-hydrogen) atoms. The van der Waals surface area contributed by atoms with Gasteiger partial charge in [0.25, 0.3) is 0 Å². The first-order valence-corrected chi connectivity index (χ1v) is 13.8. The van der Waals surface area contributed by atoms with Crippen LogP contribution in [0.2, 0.25) is 0 Å². The average molecular weight is 409 g/mol. The normalized spacial score (nSPS) is 56.9. The molecule has 7 aliphatic carbocycles. The molecule has 12 unspecified atom stereocenters. The van der Waals surface area contributed by atoms with Crippen molar-refractivity contribution in [1.82, 2.24) is 0 Å². The molecule has 0 aliphatic heterocycles. The standard InChI is InChI=1S/C28H40O2/c29-27-22-7-3-1-5-16(22)18-13-14-20-21(25(18)27)12-10-15-9-11-19-17-6-2-4-8-23(17)28(30)26(19)24(15)20/h15-26H,1-14H2. The molecule has 0 amide bonds. The van der Waals surface area contributed by atoms with Crippen LogP contribution in [0, 0.1) is 71.0 Å². The summed E-state index contributed by atoms with van der Waals surface area (Å²) in [6.07, 6.45) is 18.3. The van der Waals surface area contributed by atoms with Gasteiger partial charge in [0.05, 0.1) is 0 Å². The Balaban J connectivity index is 1.21. The van der Waals surface area contributed by atoms with Gasteiger partial charge in [-0.15, -0.1) is 0 Å². The van der Waals surface area contributed by atoms with Gasteiger partial charge in [-0.25, -0.2) is 0 Å². The summed E-state index contributed by atoms with van der Waals surface area (Å²) in [4.78, 5) is 27.4. The lowest BCUT2D eigenvalue weighted by Crippen LogP contribution is -2.50. The van der Waals surface area contributed by atoms with E-state index in [0.717, 1.165) is 17.8 Å². The number of Topliss-reactive ketones (excluding diaryl/α,β-unsaturated/α-hetero) is 2. The molecule has 0 saturated heterocycles. The first kappa shape index (κ1) is 18.9. The maximum absolute atomic E-state index is 13.7. The minimum Gasteiger partial charge on any atom is -0.299 e. The van der Waals surface area contributed by atoms with Crippen molar-refractivity contribution >= 4 is 11.6 Å². The van der Waals surface area contributed by atoms with Crippen LogP contribution in [0.1, 0.15) is 89.9 Å². The largest absolute Gasteiger partial charge is 0.299 e. The predicted molar refractivity (Wildman–Crippen MR) is 117 cm³/mol. The quantitative estimate of drug-likeness (QED) is 0.487. The van der Waals surface area contributed by atoms with E-state index < -0.39 is 0 Å². The predicted octanol–water partition coefficient (Wildman–Crippen LogP) is 6.08. The molecule has 0 N–H and O–H groups in total. The maximum atomic E-state index is 13.7. The second-order valence-corrected chi connectivity index (χ2v) is 12.7. The van der Waals surface area contributed by atoms with Crippen molar-refractivity contribution in [3.8, 4) is 0 Å². The zero-order valence-corrected chi connectivity index (χ0v) is 18.6. The highest BCUT2D eigenvalue weighted by Crippen LogP contribution is 2.65. The third kappa shape index (κ3) is 2.43. The highest BCUT2D eigenvalue weighted by molar-refractivity contribution is 5.88. The van der Waals surface area contributed by atoms with Crippen molar-refractivity contribution in [3.63, 3.8) is 0 Å². The van der Waals surface area contributed by atoms with Gasteiger partial charge >= 0.3 is 0 Å². The Morgan fingerprint density at radius 1 is 0.433 bits per heavy atom. The lowest BCUT2D eigenvalue weighted by molar-refractivity contribution is -0.137.